The van der Waals surface area contributed by atoms with E-state index >= 15 is 0 Å². The molecule has 0 atom stereocenters. The molecule has 3 nitrogen and oxygen atoms in total. The van der Waals surface area contributed by atoms with Gasteiger partial charge in [-0.05, 0) is 32.0 Å². The van der Waals surface area contributed by atoms with Crippen molar-refractivity contribution in [1.82, 2.24) is 4.90 Å². The van der Waals surface area contributed by atoms with Crippen LogP contribution in [-0.2, 0) is 6.54 Å². The lowest BCUT2D eigenvalue weighted by atomic mass is 10.1. The Labute approximate surface area is 107 Å². The lowest BCUT2D eigenvalue weighted by molar-refractivity contribution is 0.215. The highest BCUT2D eigenvalue weighted by Crippen LogP contribution is 2.14. The number of nitriles is 2. The summed E-state index contributed by atoms with van der Waals surface area (Å²) in [4.78, 5) is 2.02. The van der Waals surface area contributed by atoms with Crippen molar-refractivity contribution >= 4 is 0 Å². The van der Waals surface area contributed by atoms with Gasteiger partial charge in [-0.2, -0.15) is 10.5 Å². The fourth-order valence-electron chi connectivity index (χ4n) is 1.70. The quantitative estimate of drug-likeness (QED) is 0.801. The molecule has 1 aromatic rings. The van der Waals surface area contributed by atoms with Gasteiger partial charge in [0.15, 0.2) is 0 Å². The van der Waals surface area contributed by atoms with Crippen molar-refractivity contribution in [3.63, 3.8) is 0 Å². The zero-order valence-corrected chi connectivity index (χ0v) is 10.7. The SMILES string of the molecule is CC(C)N(CCC#N)Cc1cc(C#N)ccc1F. The lowest BCUT2D eigenvalue weighted by Crippen LogP contribution is -2.31. The van der Waals surface area contributed by atoms with Gasteiger partial charge in [-0.15, -0.1) is 0 Å². The van der Waals surface area contributed by atoms with Gasteiger partial charge >= 0.3 is 0 Å². The van der Waals surface area contributed by atoms with Crippen LogP contribution in [0, 0.1) is 28.5 Å². The average Bonchev–Trinajstić information content (AvgIpc) is 2.36. The molecule has 0 spiro atoms. The van der Waals surface area contributed by atoms with E-state index in [9.17, 15) is 4.39 Å². The Hall–Kier alpha value is -1.91. The topological polar surface area (TPSA) is 50.8 Å². The van der Waals surface area contributed by atoms with Crippen molar-refractivity contribution in [2.45, 2.75) is 32.9 Å². The Balaban J connectivity index is 2.87. The molecule has 1 rings (SSSR count). The second-order valence-corrected chi connectivity index (χ2v) is 4.39. The van der Waals surface area contributed by atoms with Crippen LogP contribution < -0.4 is 0 Å². The van der Waals surface area contributed by atoms with Crippen molar-refractivity contribution in [3.8, 4) is 12.1 Å². The fraction of sp³-hybridized carbons (Fsp3) is 0.429. The van der Waals surface area contributed by atoms with Crippen molar-refractivity contribution in [2.24, 2.45) is 0 Å². The Morgan fingerprint density at radius 3 is 2.61 bits per heavy atom. The maximum absolute atomic E-state index is 13.7. The highest BCUT2D eigenvalue weighted by Gasteiger charge is 2.13. The summed E-state index contributed by atoms with van der Waals surface area (Å²) < 4.78 is 13.7. The van der Waals surface area contributed by atoms with Crippen molar-refractivity contribution in [1.29, 1.82) is 10.5 Å². The van der Waals surface area contributed by atoms with E-state index in [4.69, 9.17) is 10.5 Å². The third-order valence-electron chi connectivity index (χ3n) is 2.79. The Kier molecular flexibility index (Phi) is 5.30. The molecule has 0 unspecified atom stereocenters. The van der Waals surface area contributed by atoms with Gasteiger partial charge in [0.1, 0.15) is 5.82 Å². The third-order valence-corrected chi connectivity index (χ3v) is 2.79. The summed E-state index contributed by atoms with van der Waals surface area (Å²) in [7, 11) is 0. The zero-order valence-electron chi connectivity index (χ0n) is 10.7. The van der Waals surface area contributed by atoms with Crippen LogP contribution in [-0.4, -0.2) is 17.5 Å². The Morgan fingerprint density at radius 1 is 1.33 bits per heavy atom. The minimum absolute atomic E-state index is 0.225. The first-order valence-electron chi connectivity index (χ1n) is 5.88. The van der Waals surface area contributed by atoms with E-state index in [2.05, 4.69) is 6.07 Å². The van der Waals surface area contributed by atoms with Gasteiger partial charge in [-0.3, -0.25) is 4.90 Å². The molecule has 0 fully saturated rings. The van der Waals surface area contributed by atoms with E-state index in [1.807, 2.05) is 24.8 Å². The minimum Gasteiger partial charge on any atom is -0.296 e. The molecule has 0 heterocycles. The predicted molar refractivity (Wildman–Crippen MR) is 66.9 cm³/mol. The number of halogens is 1. The normalized spacial score (nSPS) is 10.4. The summed E-state index contributed by atoms with van der Waals surface area (Å²) in [5.74, 6) is -0.309. The number of hydrogen-bond acceptors (Lipinski definition) is 3. The van der Waals surface area contributed by atoms with Gasteiger partial charge in [0.2, 0.25) is 0 Å². The molecular weight excluding hydrogens is 229 g/mol. The molecule has 0 saturated carbocycles. The monoisotopic (exact) mass is 245 g/mol. The van der Waals surface area contributed by atoms with Gasteiger partial charge in [0.25, 0.3) is 0 Å². The number of rotatable bonds is 5. The Morgan fingerprint density at radius 2 is 2.06 bits per heavy atom. The van der Waals surface area contributed by atoms with E-state index < -0.39 is 0 Å². The van der Waals surface area contributed by atoms with Crippen LogP contribution in [0.5, 0.6) is 0 Å². The maximum Gasteiger partial charge on any atom is 0.127 e. The number of benzene rings is 1. The van der Waals surface area contributed by atoms with E-state index in [-0.39, 0.29) is 11.9 Å². The Bertz CT molecular complexity index is 483. The second kappa shape index (κ2) is 6.74. The molecule has 94 valence electrons. The van der Waals surface area contributed by atoms with Gasteiger partial charge in [0, 0.05) is 31.1 Å². The molecular formula is C14H16FN3. The van der Waals surface area contributed by atoms with Crippen LogP contribution in [0.25, 0.3) is 0 Å². The molecule has 0 amide bonds. The van der Waals surface area contributed by atoms with Gasteiger partial charge in [0.05, 0.1) is 17.7 Å². The lowest BCUT2D eigenvalue weighted by Gasteiger charge is -2.25. The second-order valence-electron chi connectivity index (χ2n) is 4.39. The number of nitrogens with zero attached hydrogens (tertiary/aromatic N) is 3. The summed E-state index contributed by atoms with van der Waals surface area (Å²) >= 11 is 0. The van der Waals surface area contributed by atoms with Crippen LogP contribution in [0.1, 0.15) is 31.4 Å². The van der Waals surface area contributed by atoms with Crippen molar-refractivity contribution in [3.05, 3.63) is 35.1 Å². The summed E-state index contributed by atoms with van der Waals surface area (Å²) in [5.41, 5.74) is 0.955. The van der Waals surface area contributed by atoms with Crippen molar-refractivity contribution in [2.75, 3.05) is 6.54 Å². The molecule has 0 aliphatic rings. The van der Waals surface area contributed by atoms with Crippen LogP contribution in [0.4, 0.5) is 4.39 Å². The molecule has 0 bridgehead atoms. The summed E-state index contributed by atoms with van der Waals surface area (Å²) in [6.07, 6.45) is 0.414. The molecule has 4 heteroatoms. The fourth-order valence-corrected chi connectivity index (χ4v) is 1.70. The largest absolute Gasteiger partial charge is 0.296 e. The highest BCUT2D eigenvalue weighted by atomic mass is 19.1. The van der Waals surface area contributed by atoms with Crippen LogP contribution in [0.15, 0.2) is 18.2 Å². The first-order chi connectivity index (χ1) is 8.58. The molecule has 0 aliphatic heterocycles. The van der Waals surface area contributed by atoms with Crippen LogP contribution in [0.2, 0.25) is 0 Å². The van der Waals surface area contributed by atoms with Gasteiger partial charge < -0.3 is 0 Å². The number of hydrogen-bond donors (Lipinski definition) is 0. The average molecular weight is 245 g/mol. The molecule has 0 aliphatic carbocycles. The van der Waals surface area contributed by atoms with E-state index in [0.717, 1.165) is 0 Å². The van der Waals surface area contributed by atoms with E-state index in [1.54, 1.807) is 6.07 Å². The summed E-state index contributed by atoms with van der Waals surface area (Å²) in [6.45, 7) is 5.03. The molecule has 1 aromatic carbocycles. The van der Waals surface area contributed by atoms with E-state index in [0.29, 0.717) is 30.6 Å². The molecule has 0 N–H and O–H groups in total. The minimum atomic E-state index is -0.309. The predicted octanol–water partition coefficient (Wildman–Crippen LogP) is 2.82. The van der Waals surface area contributed by atoms with Crippen molar-refractivity contribution < 1.29 is 4.39 Å². The van der Waals surface area contributed by atoms with Gasteiger partial charge in [-0.25, -0.2) is 4.39 Å². The smallest absolute Gasteiger partial charge is 0.127 e. The first kappa shape index (κ1) is 14.2. The highest BCUT2D eigenvalue weighted by molar-refractivity contribution is 5.33. The standard InChI is InChI=1S/C14H16FN3/c1-11(2)18(7-3-6-16)10-13-8-12(9-17)4-5-14(13)15/h4-5,8,11H,3,7,10H2,1-2H3. The molecule has 0 aromatic heterocycles. The molecule has 0 radical (unpaired) electrons. The summed E-state index contributed by atoms with van der Waals surface area (Å²) in [6, 6.07) is 8.67. The van der Waals surface area contributed by atoms with Gasteiger partial charge in [-0.1, -0.05) is 0 Å². The van der Waals surface area contributed by atoms with Crippen LogP contribution >= 0.6 is 0 Å². The molecule has 0 saturated heterocycles. The third kappa shape index (κ3) is 3.84. The first-order valence-corrected chi connectivity index (χ1v) is 5.88. The zero-order chi connectivity index (χ0) is 13.5. The van der Waals surface area contributed by atoms with Crippen LogP contribution in [0.3, 0.4) is 0 Å². The molecule has 18 heavy (non-hydrogen) atoms. The van der Waals surface area contributed by atoms with E-state index in [1.165, 1.54) is 12.1 Å². The maximum atomic E-state index is 13.7. The summed E-state index contributed by atoms with van der Waals surface area (Å²) in [5, 5.41) is 17.4.